The number of hydrogen-bond acceptors (Lipinski definition) is 15. The summed E-state index contributed by atoms with van der Waals surface area (Å²) in [6.45, 7) is 1.50. The highest BCUT2D eigenvalue weighted by Crippen LogP contribution is 2.68. The SMILES string of the molecule is C[C@]12C[C@H](O)C3(F)[C@@H](CCC4=CC(=O)C=C[C@@]43C)C1CCC2C(=O)COC(=O)NCC(=O)OCCC(CON(O)O)ON(O)O. The van der Waals surface area contributed by atoms with E-state index < -0.39 is 83.1 Å². The van der Waals surface area contributed by atoms with Crippen LogP contribution in [0.15, 0.2) is 23.8 Å². The number of ketones is 2. The minimum absolute atomic E-state index is 0.0364. The molecule has 4 aliphatic carbocycles. The molecule has 3 fully saturated rings. The van der Waals surface area contributed by atoms with Gasteiger partial charge in [0.1, 0.15) is 19.3 Å². The lowest BCUT2D eigenvalue weighted by atomic mass is 9.45. The van der Waals surface area contributed by atoms with E-state index in [0.29, 0.717) is 31.3 Å². The van der Waals surface area contributed by atoms with Crippen molar-refractivity contribution in [2.45, 2.75) is 70.2 Å². The van der Waals surface area contributed by atoms with Crippen molar-refractivity contribution in [3.63, 3.8) is 0 Å². The third-order valence-electron chi connectivity index (χ3n) is 10.1. The van der Waals surface area contributed by atoms with E-state index in [4.69, 9.17) is 30.3 Å². The van der Waals surface area contributed by atoms with Crippen molar-refractivity contribution in [1.29, 1.82) is 0 Å². The van der Waals surface area contributed by atoms with Crippen molar-refractivity contribution in [1.82, 2.24) is 16.1 Å². The standard InChI is InChI=1S/C28H40FN3O13/c1-26-12-23(35)28(29)20(4-3-16-11-17(33)7-9-27(16,28)2)19(26)5-6-21(26)22(34)15-43-25(37)30-13-24(36)42-10-8-18(45-32(40)41)14-44-31(38)39/h7,9,11,18-21,23,35,38-41H,3-6,8,10,12-15H2,1-2H3,(H,30,37)/t18?,19?,20-,21?,23-,26-,27-,28?/m0/s1. The number of esters is 1. The molecule has 0 heterocycles. The molecule has 4 unspecified atom stereocenters. The van der Waals surface area contributed by atoms with E-state index in [1.807, 2.05) is 6.92 Å². The zero-order chi connectivity index (χ0) is 33.2. The fraction of sp³-hybridized carbons (Fsp3) is 0.714. The number of nitrogens with zero attached hydrogens (tertiary/aromatic N) is 2. The first-order valence-corrected chi connectivity index (χ1v) is 14.7. The monoisotopic (exact) mass is 645 g/mol. The lowest BCUT2D eigenvalue weighted by Gasteiger charge is -2.62. The van der Waals surface area contributed by atoms with Gasteiger partial charge in [0.15, 0.2) is 23.8 Å². The van der Waals surface area contributed by atoms with E-state index in [1.54, 1.807) is 13.0 Å². The molecule has 0 aliphatic heterocycles. The summed E-state index contributed by atoms with van der Waals surface area (Å²) in [4.78, 5) is 58.2. The number of aliphatic hydroxyl groups excluding tert-OH is 1. The van der Waals surface area contributed by atoms with Crippen molar-refractivity contribution < 1.29 is 68.7 Å². The fourth-order valence-corrected chi connectivity index (χ4v) is 7.97. The number of halogens is 1. The normalized spacial score (nSPS) is 34.4. The highest BCUT2D eigenvalue weighted by Gasteiger charge is 2.70. The lowest BCUT2D eigenvalue weighted by Crippen LogP contribution is -2.66. The van der Waals surface area contributed by atoms with Gasteiger partial charge in [0.25, 0.3) is 0 Å². The molecule has 1 amide bonds. The number of Topliss-reactive ketones (excluding diaryl/α,β-unsaturated/α-hetero) is 1. The molecular weight excluding hydrogens is 605 g/mol. The number of aliphatic hydroxyl groups is 1. The maximum Gasteiger partial charge on any atom is 0.408 e. The van der Waals surface area contributed by atoms with Crippen molar-refractivity contribution in [3.05, 3.63) is 23.8 Å². The first kappa shape index (κ1) is 35.0. The minimum atomic E-state index is -2.00. The predicted molar refractivity (Wildman–Crippen MR) is 143 cm³/mol. The zero-order valence-corrected chi connectivity index (χ0v) is 25.0. The van der Waals surface area contributed by atoms with Crippen molar-refractivity contribution in [2.24, 2.45) is 28.6 Å². The van der Waals surface area contributed by atoms with Crippen LogP contribution in [0.4, 0.5) is 9.18 Å². The highest BCUT2D eigenvalue weighted by atomic mass is 19.1. The molecule has 4 rings (SSSR count). The third-order valence-corrected chi connectivity index (χ3v) is 10.1. The molecule has 17 heteroatoms. The fourth-order valence-electron chi connectivity index (χ4n) is 7.97. The third kappa shape index (κ3) is 7.11. The van der Waals surface area contributed by atoms with Crippen LogP contribution in [-0.2, 0) is 33.5 Å². The zero-order valence-electron chi connectivity index (χ0n) is 25.0. The number of ether oxygens (including phenoxy) is 2. The Morgan fingerprint density at radius 2 is 1.82 bits per heavy atom. The Morgan fingerprint density at radius 3 is 2.51 bits per heavy atom. The number of rotatable bonds is 13. The van der Waals surface area contributed by atoms with Crippen LogP contribution in [0.25, 0.3) is 0 Å². The Labute approximate surface area is 257 Å². The lowest BCUT2D eigenvalue weighted by molar-refractivity contribution is -0.527. The van der Waals surface area contributed by atoms with Gasteiger partial charge in [-0.05, 0) is 62.5 Å². The molecule has 0 aromatic heterocycles. The van der Waals surface area contributed by atoms with Gasteiger partial charge in [-0.1, -0.05) is 18.6 Å². The summed E-state index contributed by atoms with van der Waals surface area (Å²) >= 11 is 0. The molecule has 4 aliphatic rings. The molecule has 0 radical (unpaired) electrons. The molecule has 45 heavy (non-hydrogen) atoms. The molecule has 0 aromatic rings. The summed E-state index contributed by atoms with van der Waals surface area (Å²) in [6, 6.07) is 0. The number of allylic oxidation sites excluding steroid dienone is 4. The highest BCUT2D eigenvalue weighted by molar-refractivity contribution is 6.01. The Hall–Kier alpha value is -2.87. The predicted octanol–water partition coefficient (Wildman–Crippen LogP) is 1.59. The molecule has 0 saturated heterocycles. The Bertz CT molecular complexity index is 1210. The second-order valence-electron chi connectivity index (χ2n) is 12.4. The number of alkyl halides is 1. The molecule has 0 aromatic carbocycles. The van der Waals surface area contributed by atoms with Crippen molar-refractivity contribution >= 4 is 23.6 Å². The number of carbonyl (C=O) groups excluding carboxylic acids is 4. The van der Waals surface area contributed by atoms with Crippen LogP contribution in [0.2, 0.25) is 0 Å². The maximum atomic E-state index is 17.1. The smallest absolute Gasteiger partial charge is 0.408 e. The molecule has 0 bridgehead atoms. The molecule has 3 saturated carbocycles. The number of carbonyl (C=O) groups is 4. The molecule has 8 atom stereocenters. The van der Waals surface area contributed by atoms with Crippen molar-refractivity contribution in [3.8, 4) is 0 Å². The number of hydrogen-bond donors (Lipinski definition) is 6. The van der Waals surface area contributed by atoms with E-state index in [9.17, 15) is 24.3 Å². The second kappa shape index (κ2) is 13.9. The van der Waals surface area contributed by atoms with Gasteiger partial charge in [0.05, 0.1) is 23.5 Å². The first-order valence-electron chi connectivity index (χ1n) is 14.7. The van der Waals surface area contributed by atoms with Gasteiger partial charge in [-0.15, -0.1) is 0 Å². The second-order valence-corrected chi connectivity index (χ2v) is 12.4. The quantitative estimate of drug-likeness (QED) is 0.124. The summed E-state index contributed by atoms with van der Waals surface area (Å²) in [5, 5.41) is 46.8. The molecule has 0 spiro atoms. The van der Waals surface area contributed by atoms with Crippen LogP contribution < -0.4 is 5.32 Å². The van der Waals surface area contributed by atoms with Crippen LogP contribution >= 0.6 is 0 Å². The molecule has 6 N–H and O–H groups in total. The van der Waals surface area contributed by atoms with E-state index in [-0.39, 0.29) is 36.9 Å². The van der Waals surface area contributed by atoms with E-state index in [1.165, 1.54) is 12.2 Å². The van der Waals surface area contributed by atoms with Gasteiger partial charge in [-0.25, -0.2) is 18.9 Å². The number of fused-ring (bicyclic) bond motifs is 5. The molecular formula is C28H40FN3O13. The topological polar surface area (TPSA) is 225 Å². The average molecular weight is 646 g/mol. The minimum Gasteiger partial charge on any atom is -0.464 e. The summed E-state index contributed by atoms with van der Waals surface area (Å²) in [5.41, 5.74) is -3.17. The number of alkyl carbamates (subject to hydrolysis) is 1. The van der Waals surface area contributed by atoms with Gasteiger partial charge >= 0.3 is 12.1 Å². The molecule has 16 nitrogen and oxygen atoms in total. The Balaban J connectivity index is 1.26. The van der Waals surface area contributed by atoms with Crippen LogP contribution in [-0.4, -0.2) is 105 Å². The first-order chi connectivity index (χ1) is 21.1. The van der Waals surface area contributed by atoms with Crippen LogP contribution in [0.1, 0.15) is 52.4 Å². The van der Waals surface area contributed by atoms with E-state index >= 15 is 4.39 Å². The number of amides is 1. The summed E-state index contributed by atoms with van der Waals surface area (Å²) in [6.07, 6.45) is 2.63. The van der Waals surface area contributed by atoms with E-state index in [2.05, 4.69) is 15.0 Å². The maximum absolute atomic E-state index is 17.1. The van der Waals surface area contributed by atoms with Gasteiger partial charge in [0, 0.05) is 23.7 Å². The van der Waals surface area contributed by atoms with Gasteiger partial charge < -0.3 is 19.9 Å². The largest absolute Gasteiger partial charge is 0.464 e. The van der Waals surface area contributed by atoms with Gasteiger partial charge in [-0.2, -0.15) is 0 Å². The Kier molecular flexibility index (Phi) is 10.8. The average Bonchev–Trinajstić information content (AvgIpc) is 3.30. The number of nitrogens with one attached hydrogen (secondary N) is 1. The van der Waals surface area contributed by atoms with E-state index in [0.717, 1.165) is 0 Å². The summed E-state index contributed by atoms with van der Waals surface area (Å²) in [7, 11) is 0. The van der Waals surface area contributed by atoms with Crippen molar-refractivity contribution in [2.75, 3.05) is 26.4 Å². The van der Waals surface area contributed by atoms with Crippen LogP contribution in [0.5, 0.6) is 0 Å². The Morgan fingerprint density at radius 1 is 1.09 bits per heavy atom. The summed E-state index contributed by atoms with van der Waals surface area (Å²) < 4.78 is 27.0. The van der Waals surface area contributed by atoms with Gasteiger partial charge in [0.2, 0.25) is 0 Å². The van der Waals surface area contributed by atoms with Crippen LogP contribution in [0.3, 0.4) is 0 Å². The summed E-state index contributed by atoms with van der Waals surface area (Å²) in [5.74, 6) is -2.78. The van der Waals surface area contributed by atoms with Crippen LogP contribution in [0, 0.1) is 28.6 Å². The molecule has 252 valence electrons. The van der Waals surface area contributed by atoms with Gasteiger partial charge in [-0.3, -0.25) is 35.2 Å².